The molecule has 1 heterocycles. The van der Waals surface area contributed by atoms with E-state index in [2.05, 4.69) is 72.8 Å². The zero-order valence-corrected chi connectivity index (χ0v) is 15.3. The van der Waals surface area contributed by atoms with Crippen LogP contribution < -0.4 is 0 Å². The molecule has 0 bridgehead atoms. The molecule has 3 aromatic carbocycles. The summed E-state index contributed by atoms with van der Waals surface area (Å²) in [4.78, 5) is 0. The molecular weight excluding hydrogens is 425 g/mol. The van der Waals surface area contributed by atoms with Gasteiger partial charge in [-0.3, -0.25) is 0 Å². The molecule has 1 aromatic heterocycles. The average Bonchev–Trinajstić information content (AvgIpc) is 2.81. The number of aromatic nitrogens is 1. The molecule has 0 amide bonds. The van der Waals surface area contributed by atoms with E-state index in [1.54, 1.807) is 0 Å². The first kappa shape index (κ1) is 14.3. The third kappa shape index (κ3) is 2.19. The smallest absolute Gasteiger partial charge is 0.0648 e. The van der Waals surface area contributed by atoms with Gasteiger partial charge in [0.1, 0.15) is 0 Å². The Morgan fingerprint density at radius 3 is 1.82 bits per heavy atom. The van der Waals surface area contributed by atoms with Gasteiger partial charge >= 0.3 is 0 Å². The van der Waals surface area contributed by atoms with Crippen LogP contribution in [0.25, 0.3) is 27.5 Å². The van der Waals surface area contributed by atoms with E-state index in [1.807, 2.05) is 24.3 Å². The minimum Gasteiger partial charge on any atom is -0.308 e. The van der Waals surface area contributed by atoms with E-state index >= 15 is 0 Å². The van der Waals surface area contributed by atoms with Gasteiger partial charge in [-0.15, -0.1) is 0 Å². The molecule has 0 fully saturated rings. The summed E-state index contributed by atoms with van der Waals surface area (Å²) >= 11 is 13.6. The molecule has 0 unspecified atom stereocenters. The monoisotopic (exact) mass is 433 g/mol. The van der Waals surface area contributed by atoms with Crippen LogP contribution in [0.4, 0.5) is 0 Å². The lowest BCUT2D eigenvalue weighted by Crippen LogP contribution is -1.94. The average molecular weight is 436 g/mol. The molecule has 0 aliphatic carbocycles. The number of nitrogens with zero attached hydrogens (tertiary/aromatic N) is 1. The molecule has 0 aliphatic rings. The Hall–Kier alpha value is -1.29. The first-order valence-electron chi connectivity index (χ1n) is 6.79. The maximum Gasteiger partial charge on any atom is 0.0648 e. The molecular formula is C18H10Br2ClN. The van der Waals surface area contributed by atoms with E-state index in [1.165, 1.54) is 10.8 Å². The fourth-order valence-corrected chi connectivity index (χ4v) is 3.80. The maximum absolute atomic E-state index is 6.44. The molecule has 108 valence electrons. The van der Waals surface area contributed by atoms with Gasteiger partial charge in [0.15, 0.2) is 0 Å². The van der Waals surface area contributed by atoms with Crippen LogP contribution >= 0.6 is 43.5 Å². The fourth-order valence-electron chi connectivity index (χ4n) is 2.86. The van der Waals surface area contributed by atoms with Crippen molar-refractivity contribution in [3.05, 3.63) is 74.6 Å². The third-order valence-corrected chi connectivity index (χ3v) is 5.09. The van der Waals surface area contributed by atoms with E-state index in [0.29, 0.717) is 0 Å². The van der Waals surface area contributed by atoms with Crippen LogP contribution in [0.1, 0.15) is 0 Å². The lowest BCUT2D eigenvalue weighted by atomic mass is 10.2. The standard InChI is InChI=1S/C18H10Br2ClN/c19-11-5-7-16-13(9-11)14-10-12(20)6-8-17(14)22(16)18-4-2-1-3-15(18)21/h1-10H. The van der Waals surface area contributed by atoms with Crippen molar-refractivity contribution in [2.45, 2.75) is 0 Å². The molecule has 0 N–H and O–H groups in total. The molecule has 22 heavy (non-hydrogen) atoms. The summed E-state index contributed by atoms with van der Waals surface area (Å²) in [5.74, 6) is 0. The summed E-state index contributed by atoms with van der Waals surface area (Å²) in [5.41, 5.74) is 3.28. The van der Waals surface area contributed by atoms with Gasteiger partial charge in [-0.05, 0) is 48.5 Å². The summed E-state index contributed by atoms with van der Waals surface area (Å²) in [6.45, 7) is 0. The Morgan fingerprint density at radius 1 is 0.727 bits per heavy atom. The molecule has 4 rings (SSSR count). The number of halogens is 3. The highest BCUT2D eigenvalue weighted by Crippen LogP contribution is 2.36. The number of rotatable bonds is 1. The van der Waals surface area contributed by atoms with Crippen LogP contribution in [0.2, 0.25) is 5.02 Å². The predicted octanol–water partition coefficient (Wildman–Crippen LogP) is 6.96. The minimum atomic E-state index is 0.743. The van der Waals surface area contributed by atoms with Crippen molar-refractivity contribution < 1.29 is 0 Å². The molecule has 1 nitrogen and oxygen atoms in total. The highest BCUT2D eigenvalue weighted by Gasteiger charge is 2.14. The zero-order chi connectivity index (χ0) is 15.3. The SMILES string of the molecule is Clc1ccccc1-n1c2ccc(Br)cc2c2cc(Br)ccc21. The van der Waals surface area contributed by atoms with Crippen molar-refractivity contribution in [1.82, 2.24) is 4.57 Å². The molecule has 0 atom stereocenters. The van der Waals surface area contributed by atoms with E-state index in [4.69, 9.17) is 11.6 Å². The van der Waals surface area contributed by atoms with Crippen molar-refractivity contribution in [2.75, 3.05) is 0 Å². The van der Waals surface area contributed by atoms with E-state index < -0.39 is 0 Å². The zero-order valence-electron chi connectivity index (χ0n) is 11.4. The van der Waals surface area contributed by atoms with E-state index in [9.17, 15) is 0 Å². The Kier molecular flexibility index (Phi) is 3.52. The highest BCUT2D eigenvalue weighted by atomic mass is 79.9. The van der Waals surface area contributed by atoms with Crippen LogP contribution in [0.3, 0.4) is 0 Å². The van der Waals surface area contributed by atoms with Gasteiger partial charge < -0.3 is 4.57 Å². The van der Waals surface area contributed by atoms with Crippen molar-refractivity contribution in [3.63, 3.8) is 0 Å². The summed E-state index contributed by atoms with van der Waals surface area (Å²) in [7, 11) is 0. The quantitative estimate of drug-likeness (QED) is 0.304. The number of para-hydroxylation sites is 1. The van der Waals surface area contributed by atoms with Crippen molar-refractivity contribution in [2.24, 2.45) is 0 Å². The molecule has 0 saturated carbocycles. The minimum absolute atomic E-state index is 0.743. The van der Waals surface area contributed by atoms with Gasteiger partial charge in [-0.1, -0.05) is 55.6 Å². The molecule has 0 radical (unpaired) electrons. The first-order valence-corrected chi connectivity index (χ1v) is 8.76. The van der Waals surface area contributed by atoms with Crippen LogP contribution in [-0.4, -0.2) is 4.57 Å². The summed E-state index contributed by atoms with van der Waals surface area (Å²) in [5, 5.41) is 3.14. The first-order chi connectivity index (χ1) is 10.6. The second-order valence-corrected chi connectivity index (χ2v) is 7.35. The van der Waals surface area contributed by atoms with E-state index in [-0.39, 0.29) is 0 Å². The summed E-state index contributed by atoms with van der Waals surface area (Å²) < 4.78 is 4.35. The summed E-state index contributed by atoms with van der Waals surface area (Å²) in [6, 6.07) is 20.6. The molecule has 4 heteroatoms. The molecule has 0 spiro atoms. The van der Waals surface area contributed by atoms with Gasteiger partial charge in [0.25, 0.3) is 0 Å². The van der Waals surface area contributed by atoms with Crippen molar-refractivity contribution >= 4 is 65.3 Å². The van der Waals surface area contributed by atoms with Crippen LogP contribution in [0.5, 0.6) is 0 Å². The van der Waals surface area contributed by atoms with Crippen LogP contribution in [-0.2, 0) is 0 Å². The fraction of sp³-hybridized carbons (Fsp3) is 0. The Bertz CT molecular complexity index is 961. The summed E-state index contributed by atoms with van der Waals surface area (Å²) in [6.07, 6.45) is 0. The van der Waals surface area contributed by atoms with Crippen molar-refractivity contribution in [1.29, 1.82) is 0 Å². The van der Waals surface area contributed by atoms with Gasteiger partial charge in [0.05, 0.1) is 21.7 Å². The topological polar surface area (TPSA) is 4.93 Å². The van der Waals surface area contributed by atoms with Gasteiger partial charge in [0, 0.05) is 19.7 Å². The molecule has 0 aliphatic heterocycles. The second-order valence-electron chi connectivity index (χ2n) is 5.11. The number of hydrogen-bond donors (Lipinski definition) is 0. The van der Waals surface area contributed by atoms with E-state index in [0.717, 1.165) is 30.7 Å². The third-order valence-electron chi connectivity index (χ3n) is 3.78. The highest BCUT2D eigenvalue weighted by molar-refractivity contribution is 9.10. The lowest BCUT2D eigenvalue weighted by molar-refractivity contribution is 1.18. The number of fused-ring (bicyclic) bond motifs is 3. The number of hydrogen-bond acceptors (Lipinski definition) is 0. The Morgan fingerprint density at radius 2 is 1.27 bits per heavy atom. The predicted molar refractivity (Wildman–Crippen MR) is 101 cm³/mol. The number of benzene rings is 3. The largest absolute Gasteiger partial charge is 0.308 e. The molecule has 0 saturated heterocycles. The maximum atomic E-state index is 6.44. The van der Waals surface area contributed by atoms with Crippen LogP contribution in [0.15, 0.2) is 69.6 Å². The van der Waals surface area contributed by atoms with Crippen molar-refractivity contribution in [3.8, 4) is 5.69 Å². The Labute approximate surface area is 149 Å². The second kappa shape index (κ2) is 5.41. The Balaban J connectivity index is 2.23. The lowest BCUT2D eigenvalue weighted by Gasteiger charge is -2.09. The van der Waals surface area contributed by atoms with Crippen LogP contribution in [0, 0.1) is 0 Å². The van der Waals surface area contributed by atoms with Gasteiger partial charge in [-0.25, -0.2) is 0 Å². The normalized spacial score (nSPS) is 11.4. The van der Waals surface area contributed by atoms with Gasteiger partial charge in [0.2, 0.25) is 0 Å². The van der Waals surface area contributed by atoms with Gasteiger partial charge in [-0.2, -0.15) is 0 Å². The molecule has 4 aromatic rings.